The van der Waals surface area contributed by atoms with Gasteiger partial charge in [-0.15, -0.1) is 0 Å². The van der Waals surface area contributed by atoms with Crippen LogP contribution in [-0.4, -0.2) is 80.7 Å². The predicted octanol–water partition coefficient (Wildman–Crippen LogP) is -2.69. The normalized spacial score (nSPS) is 40.1. The summed E-state index contributed by atoms with van der Waals surface area (Å²) in [4.78, 5) is 34.9. The fourth-order valence-corrected chi connectivity index (χ4v) is 2.57. The molecule has 1 aliphatic rings. The Kier molecular flexibility index (Phi) is 5.22. The SMILES string of the molecule is CO[C@H]1O[C@H](C(O)C(C)=O)[C@H](O)[C@@](O)(C(C)=O)[C@]1(O)C(C)=O. The standard InChI is InChI=1S/C13H20O9/c1-5(14)8(17)9-10(18)12(19,6(2)15)13(20,7(3)16)11(21-4)22-9/h8-11,17-20H,1-4H3/t8?,9-,10+,11+,12+,13+/m1/s1. The number of methoxy groups -OCH3 is 1. The molecule has 0 aromatic heterocycles. The van der Waals surface area contributed by atoms with Crippen LogP contribution in [0.25, 0.3) is 0 Å². The molecule has 0 radical (unpaired) electrons. The van der Waals surface area contributed by atoms with E-state index in [-0.39, 0.29) is 0 Å². The molecule has 1 aliphatic heterocycles. The molecule has 0 aromatic carbocycles. The van der Waals surface area contributed by atoms with Gasteiger partial charge in [0.1, 0.15) is 18.3 Å². The van der Waals surface area contributed by atoms with Gasteiger partial charge in [-0.05, 0) is 20.8 Å². The second kappa shape index (κ2) is 6.11. The van der Waals surface area contributed by atoms with Gasteiger partial charge in [0.2, 0.25) is 5.60 Å². The average Bonchev–Trinajstić information content (AvgIpc) is 2.43. The van der Waals surface area contributed by atoms with Gasteiger partial charge in [0, 0.05) is 7.11 Å². The Balaban J connectivity index is 3.51. The highest BCUT2D eigenvalue weighted by Crippen LogP contribution is 2.41. The summed E-state index contributed by atoms with van der Waals surface area (Å²) >= 11 is 0. The zero-order valence-electron chi connectivity index (χ0n) is 12.6. The van der Waals surface area contributed by atoms with Crippen LogP contribution in [0, 0.1) is 0 Å². The molecule has 9 nitrogen and oxygen atoms in total. The van der Waals surface area contributed by atoms with E-state index in [0.29, 0.717) is 0 Å². The molecule has 4 N–H and O–H groups in total. The zero-order valence-corrected chi connectivity index (χ0v) is 12.6. The van der Waals surface area contributed by atoms with Crippen LogP contribution in [0.2, 0.25) is 0 Å². The Morgan fingerprint density at radius 2 is 1.55 bits per heavy atom. The first-order valence-electron chi connectivity index (χ1n) is 6.47. The smallest absolute Gasteiger partial charge is 0.212 e. The molecule has 0 aromatic rings. The molecule has 1 saturated heterocycles. The third-order valence-electron chi connectivity index (χ3n) is 3.96. The van der Waals surface area contributed by atoms with Gasteiger partial charge in [0.15, 0.2) is 29.2 Å². The molecule has 0 bridgehead atoms. The number of hydrogen-bond acceptors (Lipinski definition) is 9. The van der Waals surface area contributed by atoms with E-state index in [1.54, 1.807) is 0 Å². The highest BCUT2D eigenvalue weighted by Gasteiger charge is 2.71. The van der Waals surface area contributed by atoms with E-state index in [0.717, 1.165) is 27.9 Å². The molecule has 0 saturated carbocycles. The third-order valence-corrected chi connectivity index (χ3v) is 3.96. The summed E-state index contributed by atoms with van der Waals surface area (Å²) in [6.07, 6.45) is -7.77. The fraction of sp³-hybridized carbons (Fsp3) is 0.769. The van der Waals surface area contributed by atoms with Gasteiger partial charge < -0.3 is 29.9 Å². The maximum absolute atomic E-state index is 11.9. The topological polar surface area (TPSA) is 151 Å². The lowest BCUT2D eigenvalue weighted by Gasteiger charge is -2.52. The summed E-state index contributed by atoms with van der Waals surface area (Å²) in [6.45, 7) is 2.71. The Morgan fingerprint density at radius 3 is 1.86 bits per heavy atom. The predicted molar refractivity (Wildman–Crippen MR) is 69.6 cm³/mol. The molecule has 6 atom stereocenters. The molecule has 0 aliphatic carbocycles. The van der Waals surface area contributed by atoms with E-state index in [1.807, 2.05) is 0 Å². The molecule has 0 spiro atoms. The van der Waals surface area contributed by atoms with Crippen molar-refractivity contribution in [2.24, 2.45) is 0 Å². The molecule has 0 amide bonds. The van der Waals surface area contributed by atoms with Crippen LogP contribution in [0.15, 0.2) is 0 Å². The first-order valence-corrected chi connectivity index (χ1v) is 6.47. The van der Waals surface area contributed by atoms with Crippen molar-refractivity contribution in [3.63, 3.8) is 0 Å². The molecule has 126 valence electrons. The van der Waals surface area contributed by atoms with E-state index >= 15 is 0 Å². The molecule has 1 rings (SSSR count). The van der Waals surface area contributed by atoms with Crippen molar-refractivity contribution < 1.29 is 44.3 Å². The number of hydrogen-bond donors (Lipinski definition) is 4. The van der Waals surface area contributed by atoms with E-state index in [4.69, 9.17) is 9.47 Å². The minimum absolute atomic E-state index is 0.807. The van der Waals surface area contributed by atoms with Crippen LogP contribution in [0.3, 0.4) is 0 Å². The summed E-state index contributed by atoms with van der Waals surface area (Å²) in [5, 5.41) is 41.0. The fourth-order valence-electron chi connectivity index (χ4n) is 2.57. The number of ketones is 3. The first-order chi connectivity index (χ1) is 9.96. The lowest BCUT2D eigenvalue weighted by Crippen LogP contribution is -2.80. The van der Waals surface area contributed by atoms with Crippen molar-refractivity contribution in [3.05, 3.63) is 0 Å². The number of aliphatic hydroxyl groups is 4. The summed E-state index contributed by atoms with van der Waals surface area (Å²) < 4.78 is 9.85. The minimum Gasteiger partial charge on any atom is -0.387 e. The number of carbonyl (C=O) groups is 3. The largest absolute Gasteiger partial charge is 0.387 e. The highest BCUT2D eigenvalue weighted by atomic mass is 16.7. The number of Topliss-reactive ketones (excluding diaryl/α,β-unsaturated/α-hetero) is 3. The summed E-state index contributed by atoms with van der Waals surface area (Å²) in [5.74, 6) is -3.05. The number of rotatable bonds is 5. The van der Waals surface area contributed by atoms with Crippen LogP contribution in [0.1, 0.15) is 20.8 Å². The lowest BCUT2D eigenvalue weighted by molar-refractivity contribution is -0.349. The number of carbonyl (C=O) groups excluding carboxylic acids is 3. The summed E-state index contributed by atoms with van der Waals surface area (Å²) in [5.41, 5.74) is -5.92. The Hall–Kier alpha value is -1.23. The highest BCUT2D eigenvalue weighted by molar-refractivity contribution is 5.98. The quantitative estimate of drug-likeness (QED) is 0.424. The Labute approximate surface area is 126 Å². The van der Waals surface area contributed by atoms with Crippen LogP contribution in [0.4, 0.5) is 0 Å². The second-order valence-corrected chi connectivity index (χ2v) is 5.31. The number of aliphatic hydroxyl groups excluding tert-OH is 2. The van der Waals surface area contributed by atoms with E-state index in [2.05, 4.69) is 0 Å². The molecule has 1 unspecified atom stereocenters. The molecule has 1 fully saturated rings. The monoisotopic (exact) mass is 320 g/mol. The van der Waals surface area contributed by atoms with Crippen LogP contribution < -0.4 is 0 Å². The summed E-state index contributed by atoms with van der Waals surface area (Å²) in [6, 6.07) is 0. The maximum Gasteiger partial charge on any atom is 0.212 e. The molecule has 22 heavy (non-hydrogen) atoms. The second-order valence-electron chi connectivity index (χ2n) is 5.31. The molecular formula is C13H20O9. The third kappa shape index (κ3) is 2.39. The Bertz CT molecular complexity index is 490. The van der Waals surface area contributed by atoms with Gasteiger partial charge >= 0.3 is 0 Å². The Morgan fingerprint density at radius 1 is 1.09 bits per heavy atom. The van der Waals surface area contributed by atoms with Gasteiger partial charge in [-0.1, -0.05) is 0 Å². The van der Waals surface area contributed by atoms with Crippen molar-refractivity contribution in [1.29, 1.82) is 0 Å². The van der Waals surface area contributed by atoms with Crippen molar-refractivity contribution in [2.45, 2.75) is 56.6 Å². The minimum atomic E-state index is -3.02. The zero-order chi connectivity index (χ0) is 17.5. The van der Waals surface area contributed by atoms with Crippen molar-refractivity contribution in [2.75, 3.05) is 7.11 Å². The van der Waals surface area contributed by atoms with Gasteiger partial charge in [0.05, 0.1) is 0 Å². The summed E-state index contributed by atoms with van der Waals surface area (Å²) in [7, 11) is 1.02. The first kappa shape index (κ1) is 18.8. The van der Waals surface area contributed by atoms with Crippen molar-refractivity contribution in [1.82, 2.24) is 0 Å². The maximum atomic E-state index is 11.9. The van der Waals surface area contributed by atoms with Crippen LogP contribution in [0.5, 0.6) is 0 Å². The molecule has 9 heteroatoms. The molecular weight excluding hydrogens is 300 g/mol. The van der Waals surface area contributed by atoms with E-state index in [9.17, 15) is 34.8 Å². The van der Waals surface area contributed by atoms with E-state index in [1.165, 1.54) is 0 Å². The van der Waals surface area contributed by atoms with Gasteiger partial charge in [-0.3, -0.25) is 14.4 Å². The number of ether oxygens (including phenoxy) is 2. The van der Waals surface area contributed by atoms with Crippen LogP contribution >= 0.6 is 0 Å². The van der Waals surface area contributed by atoms with Crippen molar-refractivity contribution >= 4 is 17.3 Å². The van der Waals surface area contributed by atoms with Gasteiger partial charge in [0.25, 0.3) is 0 Å². The van der Waals surface area contributed by atoms with Gasteiger partial charge in [-0.25, -0.2) is 0 Å². The van der Waals surface area contributed by atoms with Gasteiger partial charge in [-0.2, -0.15) is 0 Å². The van der Waals surface area contributed by atoms with E-state index < -0.39 is 53.2 Å². The average molecular weight is 320 g/mol. The lowest BCUT2D eigenvalue weighted by atomic mass is 9.69. The van der Waals surface area contributed by atoms with Crippen LogP contribution in [-0.2, 0) is 23.9 Å². The molecule has 1 heterocycles. The van der Waals surface area contributed by atoms with Crippen molar-refractivity contribution in [3.8, 4) is 0 Å².